The van der Waals surface area contributed by atoms with E-state index in [4.69, 9.17) is 4.74 Å². The number of para-hydroxylation sites is 1. The van der Waals surface area contributed by atoms with Crippen LogP contribution < -0.4 is 15.4 Å². The van der Waals surface area contributed by atoms with E-state index in [1.54, 1.807) is 25.1 Å². The van der Waals surface area contributed by atoms with E-state index in [1.165, 1.54) is 4.90 Å². The summed E-state index contributed by atoms with van der Waals surface area (Å²) in [7, 11) is 3.20. The van der Waals surface area contributed by atoms with Gasteiger partial charge in [-0.05, 0) is 43.2 Å². The summed E-state index contributed by atoms with van der Waals surface area (Å²) in [6.07, 6.45) is 0.156. The van der Waals surface area contributed by atoms with E-state index in [0.29, 0.717) is 17.0 Å². The summed E-state index contributed by atoms with van der Waals surface area (Å²) in [4.78, 5) is 41.5. The average molecular weight is 449 g/mol. The minimum Gasteiger partial charge on any atom is -0.496 e. The monoisotopic (exact) mass is 448 g/mol. The average Bonchev–Trinajstić information content (AvgIpc) is 3.14. The summed E-state index contributed by atoms with van der Waals surface area (Å²) in [5, 5.41) is 5.80. The fraction of sp³-hybridized carbons (Fsp3) is 0.320. The van der Waals surface area contributed by atoms with Gasteiger partial charge in [-0.25, -0.2) is 4.79 Å². The Morgan fingerprint density at radius 2 is 1.91 bits per heavy atom. The molecular weight excluding hydrogens is 420 g/mol. The van der Waals surface area contributed by atoms with Crippen LogP contribution in [0.4, 0.5) is 10.5 Å². The lowest BCUT2D eigenvalue weighted by Gasteiger charge is -2.31. The number of urea groups is 1. The number of likely N-dealkylation sites (N-methyl/N-ethyl adjacent to an activating group) is 1. The number of ether oxygens (including phenoxy) is 1. The molecule has 2 aromatic rings. The van der Waals surface area contributed by atoms with Crippen molar-refractivity contribution in [2.45, 2.75) is 26.3 Å². The highest BCUT2D eigenvalue weighted by atomic mass is 16.5. The minimum absolute atomic E-state index is 0.156. The molecule has 0 spiro atoms. The van der Waals surface area contributed by atoms with Gasteiger partial charge < -0.3 is 20.3 Å². The number of nitrogens with one attached hydrogen (secondary N) is 2. The standard InChI is InChI=1S/C25H28N4O4/c1-15-9-10-17(13-16(15)2)26-21(30)11-12-29-14-19-22(24(29)31)23(27-25(32)28(19)3)18-7-5-6-8-20(18)33-4/h5-10,13,23H,11-12,14H2,1-4H3,(H,26,30)(H,27,32)/t23-/m0/s1. The first-order valence-electron chi connectivity index (χ1n) is 10.9. The summed E-state index contributed by atoms with van der Waals surface area (Å²) in [6.45, 7) is 4.54. The lowest BCUT2D eigenvalue weighted by Crippen LogP contribution is -2.45. The molecular formula is C25H28N4O4. The van der Waals surface area contributed by atoms with Crippen molar-refractivity contribution in [1.29, 1.82) is 0 Å². The molecule has 2 aliphatic heterocycles. The number of aryl methyl sites for hydroxylation is 2. The van der Waals surface area contributed by atoms with E-state index in [-0.39, 0.29) is 37.4 Å². The molecule has 4 rings (SSSR count). The fourth-order valence-corrected chi connectivity index (χ4v) is 4.22. The molecule has 2 aliphatic rings. The molecule has 33 heavy (non-hydrogen) atoms. The first-order chi connectivity index (χ1) is 15.8. The van der Waals surface area contributed by atoms with Crippen molar-refractivity contribution in [3.8, 4) is 5.75 Å². The van der Waals surface area contributed by atoms with Gasteiger partial charge in [0.25, 0.3) is 5.91 Å². The summed E-state index contributed by atoms with van der Waals surface area (Å²) < 4.78 is 5.46. The van der Waals surface area contributed by atoms with Crippen LogP contribution in [0.15, 0.2) is 53.7 Å². The quantitative estimate of drug-likeness (QED) is 0.710. The third-order valence-corrected chi connectivity index (χ3v) is 6.28. The maximum Gasteiger partial charge on any atom is 0.322 e. The number of anilines is 1. The van der Waals surface area contributed by atoms with Crippen LogP contribution in [0.5, 0.6) is 5.75 Å². The highest BCUT2D eigenvalue weighted by Gasteiger charge is 2.43. The summed E-state index contributed by atoms with van der Waals surface area (Å²) in [6, 6.07) is 12.2. The number of carbonyl (C=O) groups is 3. The number of rotatable bonds is 6. The summed E-state index contributed by atoms with van der Waals surface area (Å²) in [5.74, 6) is 0.240. The maximum atomic E-state index is 13.3. The number of benzene rings is 2. The van der Waals surface area contributed by atoms with Crippen LogP contribution in [-0.2, 0) is 9.59 Å². The Bertz CT molecular complexity index is 1160. The second-order valence-corrected chi connectivity index (χ2v) is 8.37. The van der Waals surface area contributed by atoms with Gasteiger partial charge in [-0.15, -0.1) is 0 Å². The van der Waals surface area contributed by atoms with Crippen LogP contribution in [0, 0.1) is 13.8 Å². The van der Waals surface area contributed by atoms with Gasteiger partial charge in [0, 0.05) is 31.3 Å². The molecule has 0 fully saturated rings. The number of nitrogens with zero attached hydrogens (tertiary/aromatic N) is 2. The Hall–Kier alpha value is -3.81. The molecule has 0 saturated heterocycles. The van der Waals surface area contributed by atoms with Gasteiger partial charge in [0.1, 0.15) is 5.75 Å². The number of methoxy groups -OCH3 is 1. The second-order valence-electron chi connectivity index (χ2n) is 8.37. The highest BCUT2D eigenvalue weighted by Crippen LogP contribution is 2.38. The smallest absolute Gasteiger partial charge is 0.322 e. The van der Waals surface area contributed by atoms with Crippen molar-refractivity contribution in [3.63, 3.8) is 0 Å². The number of carbonyl (C=O) groups excluding carboxylic acids is 3. The van der Waals surface area contributed by atoms with Gasteiger partial charge in [0.05, 0.1) is 31.0 Å². The molecule has 8 heteroatoms. The topological polar surface area (TPSA) is 91.0 Å². The van der Waals surface area contributed by atoms with Crippen molar-refractivity contribution in [3.05, 3.63) is 70.4 Å². The summed E-state index contributed by atoms with van der Waals surface area (Å²) in [5.41, 5.74) is 4.87. The molecule has 2 heterocycles. The van der Waals surface area contributed by atoms with Crippen molar-refractivity contribution in [2.75, 3.05) is 32.6 Å². The van der Waals surface area contributed by atoms with E-state index in [1.807, 2.05) is 50.2 Å². The van der Waals surface area contributed by atoms with Crippen LogP contribution in [0.3, 0.4) is 0 Å². The molecule has 0 unspecified atom stereocenters. The molecule has 0 bridgehead atoms. The lowest BCUT2D eigenvalue weighted by atomic mass is 9.95. The van der Waals surface area contributed by atoms with E-state index < -0.39 is 6.04 Å². The number of hydrogen-bond donors (Lipinski definition) is 2. The zero-order chi connectivity index (χ0) is 23.7. The second kappa shape index (κ2) is 8.97. The van der Waals surface area contributed by atoms with Gasteiger partial charge in [-0.2, -0.15) is 0 Å². The minimum atomic E-state index is -0.610. The Morgan fingerprint density at radius 1 is 1.15 bits per heavy atom. The third-order valence-electron chi connectivity index (χ3n) is 6.28. The molecule has 0 saturated carbocycles. The molecule has 0 radical (unpaired) electrons. The van der Waals surface area contributed by atoms with Gasteiger partial charge in [-0.1, -0.05) is 24.3 Å². The van der Waals surface area contributed by atoms with Crippen LogP contribution >= 0.6 is 0 Å². The Balaban J connectivity index is 1.49. The first-order valence-corrected chi connectivity index (χ1v) is 10.9. The predicted octanol–water partition coefficient (Wildman–Crippen LogP) is 3.13. The summed E-state index contributed by atoms with van der Waals surface area (Å²) >= 11 is 0. The van der Waals surface area contributed by atoms with Crippen LogP contribution in [0.1, 0.15) is 29.2 Å². The fourth-order valence-electron chi connectivity index (χ4n) is 4.22. The van der Waals surface area contributed by atoms with Gasteiger partial charge in [0.15, 0.2) is 0 Å². The molecule has 8 nitrogen and oxygen atoms in total. The molecule has 4 amide bonds. The number of amides is 4. The predicted molar refractivity (Wildman–Crippen MR) is 125 cm³/mol. The van der Waals surface area contributed by atoms with E-state index in [9.17, 15) is 14.4 Å². The zero-order valence-electron chi connectivity index (χ0n) is 19.3. The molecule has 0 aromatic heterocycles. The highest BCUT2D eigenvalue weighted by molar-refractivity contribution is 6.02. The number of hydrogen-bond acceptors (Lipinski definition) is 4. The molecule has 1 atom stereocenters. The van der Waals surface area contributed by atoms with Gasteiger partial charge in [0.2, 0.25) is 5.91 Å². The van der Waals surface area contributed by atoms with E-state index >= 15 is 0 Å². The molecule has 2 aromatic carbocycles. The van der Waals surface area contributed by atoms with Crippen LogP contribution in [0.25, 0.3) is 0 Å². The van der Waals surface area contributed by atoms with Gasteiger partial charge in [-0.3, -0.25) is 14.5 Å². The van der Waals surface area contributed by atoms with Gasteiger partial charge >= 0.3 is 6.03 Å². The maximum absolute atomic E-state index is 13.3. The molecule has 172 valence electrons. The molecule has 0 aliphatic carbocycles. The molecule has 2 N–H and O–H groups in total. The van der Waals surface area contributed by atoms with Crippen LogP contribution in [0.2, 0.25) is 0 Å². The first kappa shape index (κ1) is 22.4. The van der Waals surface area contributed by atoms with Crippen molar-refractivity contribution < 1.29 is 19.1 Å². The Labute approximate surface area is 193 Å². The Morgan fingerprint density at radius 3 is 2.64 bits per heavy atom. The van der Waals surface area contributed by atoms with Crippen molar-refractivity contribution in [2.24, 2.45) is 0 Å². The van der Waals surface area contributed by atoms with Crippen molar-refractivity contribution >= 4 is 23.5 Å². The SMILES string of the molecule is COc1ccccc1[C@@H]1NC(=O)N(C)C2=C1C(=O)N(CCC(=O)Nc1ccc(C)c(C)c1)C2. The van der Waals surface area contributed by atoms with Crippen molar-refractivity contribution in [1.82, 2.24) is 15.1 Å². The Kier molecular flexibility index (Phi) is 6.09. The van der Waals surface area contributed by atoms with E-state index in [2.05, 4.69) is 10.6 Å². The lowest BCUT2D eigenvalue weighted by molar-refractivity contribution is -0.126. The largest absolute Gasteiger partial charge is 0.496 e. The third kappa shape index (κ3) is 4.28. The van der Waals surface area contributed by atoms with E-state index in [0.717, 1.165) is 22.4 Å². The van der Waals surface area contributed by atoms with Crippen LogP contribution in [-0.4, -0.2) is 54.9 Å². The normalized spacial score (nSPS) is 17.8. The zero-order valence-corrected chi connectivity index (χ0v) is 19.3.